The van der Waals surface area contributed by atoms with Gasteiger partial charge in [0.05, 0.1) is 0 Å². The van der Waals surface area contributed by atoms with Crippen LogP contribution in [0.1, 0.15) is 25.6 Å². The lowest BCUT2D eigenvalue weighted by Gasteiger charge is -2.09. The zero-order valence-corrected chi connectivity index (χ0v) is 7.97. The zero-order valence-electron chi connectivity index (χ0n) is 7.97. The fourth-order valence-corrected chi connectivity index (χ4v) is 1.16. The van der Waals surface area contributed by atoms with Crippen LogP contribution < -0.4 is 0 Å². The number of nitrogens with zero attached hydrogens (tertiary/aromatic N) is 4. The van der Waals surface area contributed by atoms with Crippen molar-refractivity contribution in [3.8, 4) is 0 Å². The van der Waals surface area contributed by atoms with Gasteiger partial charge in [-0.1, -0.05) is 6.92 Å². The van der Waals surface area contributed by atoms with Crippen molar-refractivity contribution in [1.82, 2.24) is 20.2 Å². The van der Waals surface area contributed by atoms with Gasteiger partial charge in [-0.05, 0) is 16.3 Å². The topological polar surface area (TPSA) is 80.9 Å². The number of carboxylic acids is 1. The molecule has 0 spiro atoms. The Morgan fingerprint density at radius 1 is 1.60 bits per heavy atom. The van der Waals surface area contributed by atoms with Crippen LogP contribution in [0.5, 0.6) is 0 Å². The van der Waals surface area contributed by atoms with Crippen LogP contribution in [0.15, 0.2) is 0 Å². The van der Waals surface area contributed by atoms with Crippen LogP contribution in [0, 0.1) is 5.92 Å². The van der Waals surface area contributed by atoms with Gasteiger partial charge in [0.2, 0.25) is 5.82 Å². The number of carbonyl (C=O) groups is 1. The van der Waals surface area contributed by atoms with Crippen molar-refractivity contribution in [2.45, 2.75) is 26.3 Å². The number of halogens is 2. The lowest BCUT2D eigenvalue weighted by Crippen LogP contribution is -2.15. The molecule has 0 saturated carbocycles. The van der Waals surface area contributed by atoms with Gasteiger partial charge >= 0.3 is 5.97 Å². The van der Waals surface area contributed by atoms with E-state index in [-0.39, 0.29) is 18.9 Å². The van der Waals surface area contributed by atoms with Crippen molar-refractivity contribution in [1.29, 1.82) is 0 Å². The highest BCUT2D eigenvalue weighted by molar-refractivity contribution is 5.66. The molecule has 1 aromatic heterocycles. The predicted molar refractivity (Wildman–Crippen MR) is 44.2 cm³/mol. The maximum atomic E-state index is 12.3. The van der Waals surface area contributed by atoms with Crippen molar-refractivity contribution in [2.75, 3.05) is 0 Å². The zero-order chi connectivity index (χ0) is 11.4. The van der Waals surface area contributed by atoms with Crippen molar-refractivity contribution in [3.63, 3.8) is 0 Å². The average Bonchev–Trinajstić information content (AvgIpc) is 2.50. The third-order valence-electron chi connectivity index (χ3n) is 1.76. The molecule has 0 bridgehead atoms. The number of aliphatic carboxylic acids is 1. The van der Waals surface area contributed by atoms with Crippen molar-refractivity contribution in [3.05, 3.63) is 5.82 Å². The number of alkyl halides is 2. The first kappa shape index (κ1) is 11.5. The molecule has 0 aliphatic carbocycles. The predicted octanol–water partition coefficient (Wildman–Crippen LogP) is 0.721. The molecule has 0 radical (unpaired) electrons. The number of rotatable bonds is 5. The van der Waals surface area contributed by atoms with Crippen molar-refractivity contribution in [2.24, 2.45) is 5.92 Å². The third-order valence-corrected chi connectivity index (χ3v) is 1.76. The summed E-state index contributed by atoms with van der Waals surface area (Å²) in [6.45, 7) is 1.70. The molecule has 1 aromatic rings. The number of hydrogen-bond donors (Lipinski definition) is 1. The lowest BCUT2D eigenvalue weighted by molar-refractivity contribution is -0.138. The fraction of sp³-hybridized carbons (Fsp3) is 0.714. The summed E-state index contributed by atoms with van der Waals surface area (Å²) in [5.74, 6) is -1.81. The molecule has 1 N–H and O–H groups in total. The van der Waals surface area contributed by atoms with E-state index >= 15 is 0 Å². The van der Waals surface area contributed by atoms with Gasteiger partial charge < -0.3 is 5.11 Å². The van der Waals surface area contributed by atoms with E-state index in [9.17, 15) is 13.6 Å². The second kappa shape index (κ2) is 4.76. The highest BCUT2D eigenvalue weighted by Gasteiger charge is 2.19. The van der Waals surface area contributed by atoms with Crippen LogP contribution in [0.3, 0.4) is 0 Å². The Bertz CT molecular complexity index is 341. The summed E-state index contributed by atoms with van der Waals surface area (Å²) in [4.78, 5) is 10.3. The molecule has 0 aromatic carbocycles. The molecular formula is C7H10F2N4O2. The van der Waals surface area contributed by atoms with Gasteiger partial charge in [-0.2, -0.15) is 0 Å². The van der Waals surface area contributed by atoms with Gasteiger partial charge in [-0.15, -0.1) is 5.10 Å². The molecule has 0 aliphatic rings. The summed E-state index contributed by atoms with van der Waals surface area (Å²) < 4.78 is 25.5. The minimum Gasteiger partial charge on any atom is -0.481 e. The summed E-state index contributed by atoms with van der Waals surface area (Å²) in [6.07, 6.45) is -2.86. The molecule has 1 rings (SSSR count). The van der Waals surface area contributed by atoms with E-state index in [4.69, 9.17) is 5.11 Å². The Balaban J connectivity index is 2.63. The van der Waals surface area contributed by atoms with Crippen molar-refractivity contribution >= 4 is 5.97 Å². The standard InChI is InChI=1S/C7H10F2N4O2/c1-4(2-5(14)15)3-13-7(6(8)9)10-11-12-13/h4,6H,2-3H2,1H3,(H,14,15). The van der Waals surface area contributed by atoms with E-state index < -0.39 is 18.2 Å². The van der Waals surface area contributed by atoms with E-state index in [1.807, 2.05) is 0 Å². The van der Waals surface area contributed by atoms with Gasteiger partial charge in [0.25, 0.3) is 6.43 Å². The highest BCUT2D eigenvalue weighted by Crippen LogP contribution is 2.16. The second-order valence-electron chi connectivity index (χ2n) is 3.22. The van der Waals surface area contributed by atoms with Gasteiger partial charge in [0, 0.05) is 13.0 Å². The molecule has 8 heteroatoms. The van der Waals surface area contributed by atoms with Crippen LogP contribution in [0.25, 0.3) is 0 Å². The minimum atomic E-state index is -2.75. The molecule has 1 atom stereocenters. The highest BCUT2D eigenvalue weighted by atomic mass is 19.3. The smallest absolute Gasteiger partial charge is 0.303 e. The van der Waals surface area contributed by atoms with Crippen LogP contribution >= 0.6 is 0 Å². The first-order chi connectivity index (χ1) is 7.00. The Morgan fingerprint density at radius 2 is 2.27 bits per heavy atom. The van der Waals surface area contributed by atoms with E-state index in [0.29, 0.717) is 0 Å². The number of carboxylic acid groups (broad SMARTS) is 1. The quantitative estimate of drug-likeness (QED) is 0.790. The lowest BCUT2D eigenvalue weighted by atomic mass is 10.1. The largest absolute Gasteiger partial charge is 0.481 e. The number of aromatic nitrogens is 4. The van der Waals surface area contributed by atoms with Crippen LogP contribution in [0.2, 0.25) is 0 Å². The molecule has 0 fully saturated rings. The number of hydrogen-bond acceptors (Lipinski definition) is 4. The second-order valence-corrected chi connectivity index (χ2v) is 3.22. The van der Waals surface area contributed by atoms with Gasteiger partial charge in [0.1, 0.15) is 0 Å². The normalized spacial score (nSPS) is 13.1. The van der Waals surface area contributed by atoms with E-state index in [2.05, 4.69) is 15.5 Å². The summed E-state index contributed by atoms with van der Waals surface area (Å²) >= 11 is 0. The molecule has 1 unspecified atom stereocenters. The van der Waals surface area contributed by atoms with E-state index in [1.165, 1.54) is 0 Å². The minimum absolute atomic E-state index is 0.0684. The molecule has 0 saturated heterocycles. The Kier molecular flexibility index (Phi) is 3.64. The van der Waals surface area contributed by atoms with Crippen LogP contribution in [0.4, 0.5) is 8.78 Å². The maximum absolute atomic E-state index is 12.3. The van der Waals surface area contributed by atoms with Gasteiger partial charge in [-0.3, -0.25) is 4.79 Å². The first-order valence-corrected chi connectivity index (χ1v) is 4.26. The van der Waals surface area contributed by atoms with Gasteiger partial charge in [-0.25, -0.2) is 13.5 Å². The van der Waals surface area contributed by atoms with Crippen molar-refractivity contribution < 1.29 is 18.7 Å². The van der Waals surface area contributed by atoms with E-state index in [0.717, 1.165) is 4.68 Å². The molecule has 15 heavy (non-hydrogen) atoms. The third kappa shape index (κ3) is 3.22. The fourth-order valence-electron chi connectivity index (χ4n) is 1.16. The Morgan fingerprint density at radius 3 is 2.80 bits per heavy atom. The van der Waals surface area contributed by atoms with Gasteiger partial charge in [0.15, 0.2) is 0 Å². The maximum Gasteiger partial charge on any atom is 0.303 e. The summed E-state index contributed by atoms with van der Waals surface area (Å²) in [5.41, 5.74) is 0. The molecule has 0 amide bonds. The summed E-state index contributed by atoms with van der Waals surface area (Å²) in [6, 6.07) is 0. The molecule has 1 heterocycles. The molecule has 0 aliphatic heterocycles. The number of tetrazole rings is 1. The molecular weight excluding hydrogens is 210 g/mol. The van der Waals surface area contributed by atoms with Crippen LogP contribution in [-0.2, 0) is 11.3 Å². The Labute approximate surface area is 83.9 Å². The average molecular weight is 220 g/mol. The van der Waals surface area contributed by atoms with E-state index in [1.54, 1.807) is 6.92 Å². The SMILES string of the molecule is CC(CC(=O)O)Cn1nnnc1C(F)F. The first-order valence-electron chi connectivity index (χ1n) is 4.26. The molecule has 84 valence electrons. The molecule has 6 nitrogen and oxygen atoms in total. The monoisotopic (exact) mass is 220 g/mol. The summed E-state index contributed by atoms with van der Waals surface area (Å²) in [7, 11) is 0. The van der Waals surface area contributed by atoms with Crippen LogP contribution in [-0.4, -0.2) is 31.3 Å². The Hall–Kier alpha value is -1.60. The summed E-state index contributed by atoms with van der Waals surface area (Å²) in [5, 5.41) is 18.1.